The van der Waals surface area contributed by atoms with Crippen LogP contribution in [0.3, 0.4) is 0 Å². The third-order valence-electron chi connectivity index (χ3n) is 3.09. The molecule has 0 aliphatic carbocycles. The van der Waals surface area contributed by atoms with E-state index in [1.807, 2.05) is 12.1 Å². The molecule has 0 bridgehead atoms. The normalized spacial score (nSPS) is 25.4. The molecule has 0 spiro atoms. The van der Waals surface area contributed by atoms with E-state index in [0.29, 0.717) is 11.2 Å². The smallest absolute Gasteiger partial charge is 0.118 e. The summed E-state index contributed by atoms with van der Waals surface area (Å²) in [6, 6.07) is 8.25. The van der Waals surface area contributed by atoms with Gasteiger partial charge in [0.1, 0.15) is 5.75 Å². The van der Waals surface area contributed by atoms with Gasteiger partial charge in [0.15, 0.2) is 0 Å². The van der Waals surface area contributed by atoms with Crippen LogP contribution < -0.4 is 4.74 Å². The lowest BCUT2D eigenvalue weighted by Gasteiger charge is -2.28. The number of ether oxygens (including phenoxy) is 2. The van der Waals surface area contributed by atoms with Gasteiger partial charge in [-0.3, -0.25) is 0 Å². The first kappa shape index (κ1) is 11.8. The number of rotatable bonds is 3. The Hall–Kier alpha value is -0.670. The Morgan fingerprint density at radius 1 is 1.38 bits per heavy atom. The first-order valence-corrected chi connectivity index (χ1v) is 6.20. The molecule has 1 aromatic carbocycles. The van der Waals surface area contributed by atoms with Crippen LogP contribution in [0.5, 0.6) is 5.75 Å². The lowest BCUT2D eigenvalue weighted by atomic mass is 9.93. The van der Waals surface area contributed by atoms with Gasteiger partial charge in [-0.2, -0.15) is 12.6 Å². The van der Waals surface area contributed by atoms with Gasteiger partial charge in [-0.05, 0) is 36.5 Å². The predicted octanol–water partition coefficient (Wildman–Crippen LogP) is 2.57. The highest BCUT2D eigenvalue weighted by molar-refractivity contribution is 7.81. The Labute approximate surface area is 102 Å². The Morgan fingerprint density at radius 2 is 2.12 bits per heavy atom. The van der Waals surface area contributed by atoms with Crippen LogP contribution in [0, 0.1) is 5.92 Å². The van der Waals surface area contributed by atoms with Gasteiger partial charge < -0.3 is 9.47 Å². The molecule has 1 aliphatic heterocycles. The maximum Gasteiger partial charge on any atom is 0.118 e. The SMILES string of the molecule is COc1ccc(C[C@@H]2COCC[C@H]2S)cc1. The lowest BCUT2D eigenvalue weighted by Crippen LogP contribution is -2.29. The predicted molar refractivity (Wildman–Crippen MR) is 68.4 cm³/mol. The van der Waals surface area contributed by atoms with Gasteiger partial charge >= 0.3 is 0 Å². The summed E-state index contributed by atoms with van der Waals surface area (Å²) in [5.41, 5.74) is 1.33. The molecule has 1 fully saturated rings. The number of thiol groups is 1. The first-order chi connectivity index (χ1) is 7.79. The van der Waals surface area contributed by atoms with Gasteiger partial charge in [0.05, 0.1) is 13.7 Å². The van der Waals surface area contributed by atoms with Gasteiger partial charge in [-0.25, -0.2) is 0 Å². The summed E-state index contributed by atoms with van der Waals surface area (Å²) in [4.78, 5) is 0. The van der Waals surface area contributed by atoms with E-state index < -0.39 is 0 Å². The molecule has 0 radical (unpaired) electrons. The first-order valence-electron chi connectivity index (χ1n) is 5.68. The summed E-state index contributed by atoms with van der Waals surface area (Å²) >= 11 is 4.62. The van der Waals surface area contributed by atoms with Crippen LogP contribution in [0.2, 0.25) is 0 Å². The molecule has 3 heteroatoms. The average molecular weight is 238 g/mol. The molecule has 0 amide bonds. The van der Waals surface area contributed by atoms with Crippen LogP contribution in [0.25, 0.3) is 0 Å². The molecule has 88 valence electrons. The molecule has 1 heterocycles. The molecule has 2 rings (SSSR count). The Balaban J connectivity index is 1.96. The second-order valence-corrected chi connectivity index (χ2v) is 4.91. The second-order valence-electron chi connectivity index (χ2n) is 4.24. The van der Waals surface area contributed by atoms with Crippen molar-refractivity contribution >= 4 is 12.6 Å². The van der Waals surface area contributed by atoms with Gasteiger partial charge in [0.25, 0.3) is 0 Å². The number of hydrogen-bond acceptors (Lipinski definition) is 3. The minimum absolute atomic E-state index is 0.468. The zero-order chi connectivity index (χ0) is 11.4. The average Bonchev–Trinajstić information content (AvgIpc) is 2.33. The number of benzene rings is 1. The van der Waals surface area contributed by atoms with Crippen LogP contribution in [-0.4, -0.2) is 25.6 Å². The molecule has 1 aliphatic rings. The summed E-state index contributed by atoms with van der Waals surface area (Å²) in [5.74, 6) is 1.44. The van der Waals surface area contributed by atoms with Gasteiger partial charge in [0.2, 0.25) is 0 Å². The molecule has 16 heavy (non-hydrogen) atoms. The molecular formula is C13H18O2S. The molecule has 0 aromatic heterocycles. The van der Waals surface area contributed by atoms with Crippen LogP contribution in [-0.2, 0) is 11.2 Å². The van der Waals surface area contributed by atoms with Gasteiger partial charge in [-0.15, -0.1) is 0 Å². The lowest BCUT2D eigenvalue weighted by molar-refractivity contribution is 0.0596. The highest BCUT2D eigenvalue weighted by Gasteiger charge is 2.22. The summed E-state index contributed by atoms with van der Waals surface area (Å²) in [5, 5.41) is 0.468. The highest BCUT2D eigenvalue weighted by Crippen LogP contribution is 2.24. The molecule has 0 saturated carbocycles. The van der Waals surface area contributed by atoms with E-state index in [4.69, 9.17) is 9.47 Å². The van der Waals surface area contributed by atoms with Crippen molar-refractivity contribution < 1.29 is 9.47 Å². The van der Waals surface area contributed by atoms with E-state index in [2.05, 4.69) is 24.8 Å². The van der Waals surface area contributed by atoms with Crippen molar-refractivity contribution in [1.29, 1.82) is 0 Å². The third-order valence-corrected chi connectivity index (χ3v) is 3.77. The topological polar surface area (TPSA) is 18.5 Å². The van der Waals surface area contributed by atoms with Gasteiger partial charge in [-0.1, -0.05) is 12.1 Å². The highest BCUT2D eigenvalue weighted by atomic mass is 32.1. The molecule has 0 N–H and O–H groups in total. The monoisotopic (exact) mass is 238 g/mol. The van der Waals surface area contributed by atoms with E-state index in [1.54, 1.807) is 7.11 Å². The zero-order valence-corrected chi connectivity index (χ0v) is 10.5. The molecular weight excluding hydrogens is 220 g/mol. The van der Waals surface area contributed by atoms with Gasteiger partial charge in [0, 0.05) is 11.9 Å². The van der Waals surface area contributed by atoms with E-state index in [1.165, 1.54) is 5.56 Å². The number of hydrogen-bond donors (Lipinski definition) is 1. The fraction of sp³-hybridized carbons (Fsp3) is 0.538. The summed E-state index contributed by atoms with van der Waals surface area (Å²) in [6.07, 6.45) is 2.10. The van der Waals surface area contributed by atoms with E-state index in [-0.39, 0.29) is 0 Å². The largest absolute Gasteiger partial charge is 0.497 e. The van der Waals surface area contributed by atoms with E-state index in [9.17, 15) is 0 Å². The quantitative estimate of drug-likeness (QED) is 0.816. The molecule has 2 atom stereocenters. The van der Waals surface area contributed by atoms with Crippen molar-refractivity contribution in [3.63, 3.8) is 0 Å². The Bertz CT molecular complexity index is 323. The standard InChI is InChI=1S/C13H18O2S/c1-14-12-4-2-10(3-5-12)8-11-9-15-7-6-13(11)16/h2-5,11,13,16H,6-9H2,1H3/t11-,13-/m1/s1. The minimum Gasteiger partial charge on any atom is -0.497 e. The van der Waals surface area contributed by atoms with Crippen molar-refractivity contribution in [2.45, 2.75) is 18.1 Å². The van der Waals surface area contributed by atoms with Crippen molar-refractivity contribution in [2.75, 3.05) is 20.3 Å². The summed E-state index contributed by atoms with van der Waals surface area (Å²) in [6.45, 7) is 1.69. The fourth-order valence-electron chi connectivity index (χ4n) is 2.04. The maximum atomic E-state index is 5.50. The molecule has 1 aromatic rings. The van der Waals surface area contributed by atoms with Crippen molar-refractivity contribution in [3.8, 4) is 5.75 Å². The van der Waals surface area contributed by atoms with Crippen molar-refractivity contribution in [1.82, 2.24) is 0 Å². The zero-order valence-electron chi connectivity index (χ0n) is 9.56. The molecule has 1 saturated heterocycles. The summed E-state index contributed by atoms with van der Waals surface area (Å²) < 4.78 is 10.6. The minimum atomic E-state index is 0.468. The van der Waals surface area contributed by atoms with Crippen LogP contribution in [0.1, 0.15) is 12.0 Å². The van der Waals surface area contributed by atoms with E-state index >= 15 is 0 Å². The van der Waals surface area contributed by atoms with Crippen LogP contribution >= 0.6 is 12.6 Å². The second kappa shape index (κ2) is 5.60. The Morgan fingerprint density at radius 3 is 2.75 bits per heavy atom. The Kier molecular flexibility index (Phi) is 4.13. The number of methoxy groups -OCH3 is 1. The fourth-order valence-corrected chi connectivity index (χ4v) is 2.34. The molecule has 2 nitrogen and oxygen atoms in total. The summed E-state index contributed by atoms with van der Waals surface area (Å²) in [7, 11) is 1.69. The van der Waals surface area contributed by atoms with Crippen molar-refractivity contribution in [3.05, 3.63) is 29.8 Å². The van der Waals surface area contributed by atoms with Crippen LogP contribution in [0.4, 0.5) is 0 Å². The van der Waals surface area contributed by atoms with E-state index in [0.717, 1.165) is 31.8 Å². The molecule has 0 unspecified atom stereocenters. The third kappa shape index (κ3) is 2.92. The van der Waals surface area contributed by atoms with Crippen LogP contribution in [0.15, 0.2) is 24.3 Å². The van der Waals surface area contributed by atoms with Crippen molar-refractivity contribution in [2.24, 2.45) is 5.92 Å². The maximum absolute atomic E-state index is 5.50.